The Kier molecular flexibility index (Phi) is 7.57. The normalized spacial score (nSPS) is 14.5. The molecular formula is C24H34N4O2. The van der Waals surface area contributed by atoms with E-state index in [0.29, 0.717) is 0 Å². The van der Waals surface area contributed by atoms with Crippen molar-refractivity contribution in [3.8, 4) is 5.75 Å². The van der Waals surface area contributed by atoms with E-state index in [4.69, 9.17) is 4.74 Å². The number of methoxy groups -OCH3 is 1. The van der Waals surface area contributed by atoms with Crippen molar-refractivity contribution in [3.05, 3.63) is 53.6 Å². The molecule has 2 aromatic carbocycles. The van der Waals surface area contributed by atoms with Gasteiger partial charge in [-0.1, -0.05) is 24.3 Å². The van der Waals surface area contributed by atoms with Crippen molar-refractivity contribution in [3.63, 3.8) is 0 Å². The Morgan fingerprint density at radius 1 is 1.07 bits per heavy atom. The minimum Gasteiger partial charge on any atom is -0.495 e. The maximum Gasteiger partial charge on any atom is 0.255 e. The van der Waals surface area contributed by atoms with Crippen LogP contribution in [0.5, 0.6) is 5.75 Å². The first-order chi connectivity index (χ1) is 14.5. The van der Waals surface area contributed by atoms with Crippen LogP contribution in [-0.4, -0.2) is 76.2 Å². The standard InChI is InChI=1S/C24H34N4O2/c1-19-9-7-10-20(23(19)24(29)26(2)3)25-13-8-14-27-15-17-28(18-16-27)21-11-5-6-12-22(21)30-4/h5-7,9-12,25H,8,13-18H2,1-4H3. The van der Waals surface area contributed by atoms with Crippen LogP contribution in [0.3, 0.4) is 0 Å². The fourth-order valence-corrected chi connectivity index (χ4v) is 3.95. The van der Waals surface area contributed by atoms with E-state index in [-0.39, 0.29) is 5.91 Å². The maximum absolute atomic E-state index is 12.5. The Balaban J connectivity index is 1.47. The van der Waals surface area contributed by atoms with E-state index in [9.17, 15) is 4.79 Å². The zero-order valence-electron chi connectivity index (χ0n) is 18.6. The second-order valence-electron chi connectivity index (χ2n) is 7.98. The molecule has 6 nitrogen and oxygen atoms in total. The van der Waals surface area contributed by atoms with Crippen molar-refractivity contribution in [2.45, 2.75) is 13.3 Å². The van der Waals surface area contributed by atoms with E-state index in [1.807, 2.05) is 37.3 Å². The van der Waals surface area contributed by atoms with Gasteiger partial charge in [-0.25, -0.2) is 0 Å². The Hall–Kier alpha value is -2.73. The lowest BCUT2D eigenvalue weighted by Crippen LogP contribution is -2.47. The van der Waals surface area contributed by atoms with Crippen molar-refractivity contribution in [1.29, 1.82) is 0 Å². The topological polar surface area (TPSA) is 48.1 Å². The summed E-state index contributed by atoms with van der Waals surface area (Å²) in [4.78, 5) is 19.1. The number of hydrogen-bond donors (Lipinski definition) is 1. The van der Waals surface area contributed by atoms with Gasteiger partial charge in [-0.3, -0.25) is 9.69 Å². The third-order valence-electron chi connectivity index (χ3n) is 5.66. The summed E-state index contributed by atoms with van der Waals surface area (Å²) in [6, 6.07) is 14.2. The van der Waals surface area contributed by atoms with Gasteiger partial charge in [0.05, 0.1) is 18.4 Å². The van der Waals surface area contributed by atoms with Crippen LogP contribution in [0.25, 0.3) is 0 Å². The van der Waals surface area contributed by atoms with Gasteiger partial charge in [0.15, 0.2) is 0 Å². The molecule has 0 saturated carbocycles. The van der Waals surface area contributed by atoms with Gasteiger partial charge >= 0.3 is 0 Å². The molecule has 0 aliphatic carbocycles. The number of para-hydroxylation sites is 2. The number of piperazine rings is 1. The van der Waals surface area contributed by atoms with Crippen molar-refractivity contribution in [1.82, 2.24) is 9.80 Å². The molecule has 1 saturated heterocycles. The largest absolute Gasteiger partial charge is 0.495 e. The summed E-state index contributed by atoms with van der Waals surface area (Å²) in [6.07, 6.45) is 1.04. The van der Waals surface area contributed by atoms with E-state index < -0.39 is 0 Å². The number of nitrogens with zero attached hydrogens (tertiary/aromatic N) is 3. The van der Waals surface area contributed by atoms with E-state index in [2.05, 4.69) is 27.2 Å². The first-order valence-corrected chi connectivity index (χ1v) is 10.7. The number of amides is 1. The Bertz CT molecular complexity index is 845. The van der Waals surface area contributed by atoms with Crippen LogP contribution in [0.2, 0.25) is 0 Å². The van der Waals surface area contributed by atoms with Crippen molar-refractivity contribution in [2.75, 3.05) is 70.7 Å². The second kappa shape index (κ2) is 10.3. The molecule has 1 aliphatic heterocycles. The van der Waals surface area contributed by atoms with Gasteiger partial charge < -0.3 is 19.9 Å². The summed E-state index contributed by atoms with van der Waals surface area (Å²) in [5, 5.41) is 3.48. The molecule has 1 heterocycles. The van der Waals surface area contributed by atoms with Crippen LogP contribution in [0.4, 0.5) is 11.4 Å². The first-order valence-electron chi connectivity index (χ1n) is 10.7. The summed E-state index contributed by atoms with van der Waals surface area (Å²) in [5.74, 6) is 0.986. The minimum absolute atomic E-state index is 0.0445. The first kappa shape index (κ1) is 22.0. The number of rotatable bonds is 8. The summed E-state index contributed by atoms with van der Waals surface area (Å²) < 4.78 is 5.51. The molecule has 1 fully saturated rings. The van der Waals surface area contributed by atoms with Gasteiger partial charge in [0.25, 0.3) is 5.91 Å². The van der Waals surface area contributed by atoms with Gasteiger partial charge in [0.2, 0.25) is 0 Å². The fourth-order valence-electron chi connectivity index (χ4n) is 3.95. The molecule has 0 atom stereocenters. The highest BCUT2D eigenvalue weighted by Crippen LogP contribution is 2.28. The third-order valence-corrected chi connectivity index (χ3v) is 5.66. The maximum atomic E-state index is 12.5. The van der Waals surface area contributed by atoms with Gasteiger partial charge in [-0.2, -0.15) is 0 Å². The second-order valence-corrected chi connectivity index (χ2v) is 7.98. The molecule has 1 amide bonds. The van der Waals surface area contributed by atoms with Crippen LogP contribution < -0.4 is 15.0 Å². The van der Waals surface area contributed by atoms with Crippen LogP contribution in [0.15, 0.2) is 42.5 Å². The number of hydrogen-bond acceptors (Lipinski definition) is 5. The molecule has 0 spiro atoms. The van der Waals surface area contributed by atoms with Crippen LogP contribution in [-0.2, 0) is 0 Å². The SMILES string of the molecule is COc1ccccc1N1CCN(CCCNc2cccc(C)c2C(=O)N(C)C)CC1. The highest BCUT2D eigenvalue weighted by atomic mass is 16.5. The smallest absolute Gasteiger partial charge is 0.255 e. The van der Waals surface area contributed by atoms with Crippen LogP contribution in [0.1, 0.15) is 22.3 Å². The number of benzene rings is 2. The van der Waals surface area contributed by atoms with Gasteiger partial charge in [-0.15, -0.1) is 0 Å². The summed E-state index contributed by atoms with van der Waals surface area (Å²) in [6.45, 7) is 8.00. The fraction of sp³-hybridized carbons (Fsp3) is 0.458. The Labute approximate surface area is 180 Å². The monoisotopic (exact) mass is 410 g/mol. The van der Waals surface area contributed by atoms with Gasteiger partial charge in [0, 0.05) is 52.5 Å². The van der Waals surface area contributed by atoms with E-state index in [0.717, 1.165) is 68.3 Å². The molecule has 1 N–H and O–H groups in total. The number of nitrogens with one attached hydrogen (secondary N) is 1. The molecule has 0 aromatic heterocycles. The van der Waals surface area contributed by atoms with Crippen molar-refractivity contribution in [2.24, 2.45) is 0 Å². The van der Waals surface area contributed by atoms with E-state index >= 15 is 0 Å². The molecule has 30 heavy (non-hydrogen) atoms. The number of anilines is 2. The average molecular weight is 411 g/mol. The van der Waals surface area contributed by atoms with Crippen LogP contribution in [0, 0.1) is 6.92 Å². The lowest BCUT2D eigenvalue weighted by molar-refractivity contribution is 0.0828. The highest BCUT2D eigenvalue weighted by Gasteiger charge is 2.19. The van der Waals surface area contributed by atoms with E-state index in [1.54, 1.807) is 26.1 Å². The third kappa shape index (κ3) is 5.25. The number of carbonyl (C=O) groups excluding carboxylic acids is 1. The van der Waals surface area contributed by atoms with Gasteiger partial charge in [0.1, 0.15) is 5.75 Å². The molecule has 3 rings (SSSR count). The lowest BCUT2D eigenvalue weighted by atomic mass is 10.1. The summed E-state index contributed by atoms with van der Waals surface area (Å²) in [7, 11) is 5.32. The predicted octanol–water partition coefficient (Wildman–Crippen LogP) is 3.33. The molecule has 1 aliphatic rings. The van der Waals surface area contributed by atoms with Crippen LogP contribution >= 0.6 is 0 Å². The quantitative estimate of drug-likeness (QED) is 0.677. The molecule has 162 valence electrons. The molecule has 0 radical (unpaired) electrons. The highest BCUT2D eigenvalue weighted by molar-refractivity contribution is 6.00. The van der Waals surface area contributed by atoms with Crippen molar-refractivity contribution < 1.29 is 9.53 Å². The molecule has 0 bridgehead atoms. The zero-order valence-corrected chi connectivity index (χ0v) is 18.6. The molecule has 2 aromatic rings. The lowest BCUT2D eigenvalue weighted by Gasteiger charge is -2.36. The summed E-state index contributed by atoms with van der Waals surface area (Å²) >= 11 is 0. The number of aryl methyl sites for hydroxylation is 1. The average Bonchev–Trinajstić information content (AvgIpc) is 2.76. The Morgan fingerprint density at radius 2 is 1.80 bits per heavy atom. The molecular weight excluding hydrogens is 376 g/mol. The van der Waals surface area contributed by atoms with Crippen molar-refractivity contribution >= 4 is 17.3 Å². The zero-order chi connectivity index (χ0) is 21.5. The molecule has 0 unspecified atom stereocenters. The minimum atomic E-state index is 0.0445. The predicted molar refractivity (Wildman–Crippen MR) is 124 cm³/mol. The molecule has 6 heteroatoms. The van der Waals surface area contributed by atoms with Gasteiger partial charge in [-0.05, 0) is 43.7 Å². The summed E-state index contributed by atoms with van der Waals surface area (Å²) in [5.41, 5.74) is 3.88. The number of carbonyl (C=O) groups is 1. The van der Waals surface area contributed by atoms with E-state index in [1.165, 1.54) is 5.69 Å². The Morgan fingerprint density at radius 3 is 2.50 bits per heavy atom. The number of ether oxygens (including phenoxy) is 1.